The number of carbonyl (C=O) groups is 2. The molecular formula is C36H51N3O11S. The Morgan fingerprint density at radius 3 is 2.53 bits per heavy atom. The summed E-state index contributed by atoms with van der Waals surface area (Å²) in [5, 5.41) is 25.5. The Morgan fingerprint density at radius 2 is 1.80 bits per heavy atom. The number of rotatable bonds is 17. The molecule has 282 valence electrons. The van der Waals surface area contributed by atoms with Gasteiger partial charge in [0.1, 0.15) is 0 Å². The molecule has 14 nitrogen and oxygen atoms in total. The maximum absolute atomic E-state index is 14.5. The second kappa shape index (κ2) is 16.8. The Hall–Kier alpha value is -3.63. The Bertz CT molecular complexity index is 1590. The van der Waals surface area contributed by atoms with Gasteiger partial charge in [-0.25, -0.2) is 18.0 Å². The van der Waals surface area contributed by atoms with Crippen molar-refractivity contribution in [1.82, 2.24) is 14.5 Å². The normalized spacial score (nSPS) is 21.0. The molecule has 2 aromatic carbocycles. The van der Waals surface area contributed by atoms with Crippen LogP contribution in [-0.4, -0.2) is 110 Å². The monoisotopic (exact) mass is 733 g/mol. The van der Waals surface area contributed by atoms with Crippen molar-refractivity contribution in [3.8, 4) is 11.5 Å². The zero-order valence-corrected chi connectivity index (χ0v) is 30.5. The molecular weight excluding hydrogens is 682 g/mol. The zero-order chi connectivity index (χ0) is 36.8. The lowest BCUT2D eigenvalue weighted by atomic mass is 9.87. The van der Waals surface area contributed by atoms with E-state index < -0.39 is 52.1 Å². The largest absolute Gasteiger partial charge is 0.465 e. The molecule has 0 aliphatic carbocycles. The van der Waals surface area contributed by atoms with Gasteiger partial charge < -0.3 is 39.2 Å². The van der Waals surface area contributed by atoms with Gasteiger partial charge in [0.25, 0.3) is 0 Å². The van der Waals surface area contributed by atoms with Gasteiger partial charge in [-0.2, -0.15) is 4.31 Å². The highest BCUT2D eigenvalue weighted by Crippen LogP contribution is 2.38. The highest BCUT2D eigenvalue weighted by molar-refractivity contribution is 7.89. The van der Waals surface area contributed by atoms with Crippen LogP contribution in [0.2, 0.25) is 0 Å². The Morgan fingerprint density at radius 1 is 1.06 bits per heavy atom. The van der Waals surface area contributed by atoms with E-state index in [1.54, 1.807) is 13.8 Å². The molecule has 0 aromatic heterocycles. The third-order valence-corrected chi connectivity index (χ3v) is 11.4. The van der Waals surface area contributed by atoms with E-state index in [-0.39, 0.29) is 49.8 Å². The first-order valence-corrected chi connectivity index (χ1v) is 19.0. The topological polar surface area (TPSA) is 173 Å². The molecule has 0 spiro atoms. The van der Waals surface area contributed by atoms with E-state index in [0.29, 0.717) is 50.3 Å². The molecule has 2 fully saturated rings. The van der Waals surface area contributed by atoms with Gasteiger partial charge in [0.05, 0.1) is 42.4 Å². The summed E-state index contributed by atoms with van der Waals surface area (Å²) in [6, 6.07) is 12.0. The minimum absolute atomic E-state index is 0.0255. The van der Waals surface area contributed by atoms with Crippen LogP contribution in [0.25, 0.3) is 0 Å². The molecule has 3 aliphatic heterocycles. The van der Waals surface area contributed by atoms with E-state index in [4.69, 9.17) is 23.7 Å². The van der Waals surface area contributed by atoms with Crippen LogP contribution in [0.15, 0.2) is 53.4 Å². The lowest BCUT2D eigenvalue weighted by molar-refractivity contribution is -0.0906. The van der Waals surface area contributed by atoms with Crippen molar-refractivity contribution in [2.24, 2.45) is 11.3 Å². The Labute approximate surface area is 300 Å². The zero-order valence-electron chi connectivity index (χ0n) is 29.7. The quantitative estimate of drug-likeness (QED) is 0.196. The molecule has 15 heteroatoms. The third kappa shape index (κ3) is 9.83. The lowest BCUT2D eigenvalue weighted by Crippen LogP contribution is -2.58. The molecule has 2 amide bonds. The molecule has 3 heterocycles. The highest BCUT2D eigenvalue weighted by atomic mass is 32.2. The van der Waals surface area contributed by atoms with Crippen LogP contribution in [0.5, 0.6) is 11.5 Å². The van der Waals surface area contributed by atoms with Crippen molar-refractivity contribution in [2.45, 2.75) is 95.3 Å². The van der Waals surface area contributed by atoms with Crippen LogP contribution in [-0.2, 0) is 30.7 Å². The number of hydrogen-bond donors (Lipinski definition) is 3. The standard InChI is InChI=1S/C36H51N3O11S/c1-24(2)50-34(41)37-16-9-8-15-36(3,4)22-38(51(44,45)26-12-13-31-32(19-26)49-23-48-31)20-30(40)28(18-25-10-6-5-7-11-25)39(35(42)43)29-21-47-33-27(29)14-17-46-33/h5-7,10-13,19,24,27-30,33,40H,8-9,14-18,20-23H2,1-4H3,(H,37,41)(H,42,43)/t27-,28-,29-,30+,33+/m0/s1. The average Bonchev–Trinajstić information content (AvgIpc) is 3.82. The number of unbranched alkanes of at least 4 members (excludes halogenated alkanes) is 1. The predicted molar refractivity (Wildman–Crippen MR) is 186 cm³/mol. The number of nitrogens with zero attached hydrogens (tertiary/aromatic N) is 2. The SMILES string of the molecule is CC(C)OC(=O)NCCCCC(C)(C)CN(C[C@@H](O)[C@H](Cc1ccccc1)N(C(=O)O)[C@H]1CO[C@H]2OCC[C@H]21)S(=O)(=O)c1ccc2c(c1)OCO2. The van der Waals surface area contributed by atoms with Crippen LogP contribution in [0, 0.1) is 11.3 Å². The first-order chi connectivity index (χ1) is 24.2. The van der Waals surface area contributed by atoms with Crippen LogP contribution < -0.4 is 14.8 Å². The van der Waals surface area contributed by atoms with Gasteiger partial charge in [0.2, 0.25) is 16.8 Å². The molecule has 0 bridgehead atoms. The summed E-state index contributed by atoms with van der Waals surface area (Å²) in [6.45, 7) is 8.03. The number of alkyl carbamates (subject to hydrolysis) is 1. The number of nitrogens with one attached hydrogen (secondary N) is 1. The fourth-order valence-electron chi connectivity index (χ4n) is 7.03. The second-order valence-corrected chi connectivity index (χ2v) is 16.4. The van der Waals surface area contributed by atoms with Crippen molar-refractivity contribution >= 4 is 22.2 Å². The molecule has 51 heavy (non-hydrogen) atoms. The van der Waals surface area contributed by atoms with E-state index in [0.717, 1.165) is 5.56 Å². The van der Waals surface area contributed by atoms with Crippen molar-refractivity contribution in [3.05, 3.63) is 54.1 Å². The number of benzene rings is 2. The van der Waals surface area contributed by atoms with Crippen LogP contribution in [0.3, 0.4) is 0 Å². The highest BCUT2D eigenvalue weighted by Gasteiger charge is 2.49. The maximum atomic E-state index is 14.5. The van der Waals surface area contributed by atoms with E-state index in [1.165, 1.54) is 27.4 Å². The minimum atomic E-state index is -4.24. The number of aliphatic hydroxyl groups excluding tert-OH is 1. The molecule has 2 saturated heterocycles. The molecule has 5 rings (SSSR count). The minimum Gasteiger partial charge on any atom is -0.465 e. The molecule has 3 aliphatic rings. The molecule has 5 atom stereocenters. The van der Waals surface area contributed by atoms with Crippen LogP contribution in [0.4, 0.5) is 9.59 Å². The van der Waals surface area contributed by atoms with Crippen molar-refractivity contribution < 1.29 is 51.9 Å². The number of fused-ring (bicyclic) bond motifs is 2. The van der Waals surface area contributed by atoms with E-state index in [1.807, 2.05) is 44.2 Å². The predicted octanol–water partition coefficient (Wildman–Crippen LogP) is 4.45. The maximum Gasteiger partial charge on any atom is 0.407 e. The van der Waals surface area contributed by atoms with Crippen LogP contribution >= 0.6 is 0 Å². The van der Waals surface area contributed by atoms with E-state index >= 15 is 0 Å². The number of ether oxygens (including phenoxy) is 5. The summed E-state index contributed by atoms with van der Waals surface area (Å²) in [7, 11) is -4.24. The number of amides is 2. The lowest BCUT2D eigenvalue weighted by Gasteiger charge is -2.40. The smallest absolute Gasteiger partial charge is 0.407 e. The summed E-state index contributed by atoms with van der Waals surface area (Å²) in [4.78, 5) is 26.1. The van der Waals surface area contributed by atoms with E-state index in [9.17, 15) is 28.2 Å². The number of hydrogen-bond acceptors (Lipinski definition) is 10. The van der Waals surface area contributed by atoms with Crippen molar-refractivity contribution in [2.75, 3.05) is 39.6 Å². The third-order valence-electron chi connectivity index (χ3n) is 9.54. The van der Waals surface area contributed by atoms with Gasteiger partial charge in [0.15, 0.2) is 17.8 Å². The first kappa shape index (κ1) is 38.6. The van der Waals surface area contributed by atoms with Gasteiger partial charge in [-0.3, -0.25) is 4.90 Å². The van der Waals surface area contributed by atoms with Crippen LogP contribution in [0.1, 0.15) is 58.9 Å². The molecule has 3 N–H and O–H groups in total. The van der Waals surface area contributed by atoms with Gasteiger partial charge in [-0.15, -0.1) is 0 Å². The second-order valence-electron chi connectivity index (χ2n) is 14.4. The summed E-state index contributed by atoms with van der Waals surface area (Å²) < 4.78 is 57.7. The fraction of sp³-hybridized carbons (Fsp3) is 0.611. The van der Waals surface area contributed by atoms with Gasteiger partial charge in [0, 0.05) is 31.6 Å². The Kier molecular flexibility index (Phi) is 12.7. The number of aliphatic hydroxyl groups is 1. The van der Waals surface area contributed by atoms with E-state index in [2.05, 4.69) is 5.32 Å². The summed E-state index contributed by atoms with van der Waals surface area (Å²) in [5.74, 6) is 0.522. The molecule has 0 saturated carbocycles. The fourth-order valence-corrected chi connectivity index (χ4v) is 8.69. The first-order valence-electron chi connectivity index (χ1n) is 17.6. The van der Waals surface area contributed by atoms with Crippen molar-refractivity contribution in [3.63, 3.8) is 0 Å². The Balaban J connectivity index is 1.40. The molecule has 2 aromatic rings. The van der Waals surface area contributed by atoms with Crippen molar-refractivity contribution in [1.29, 1.82) is 0 Å². The number of carboxylic acid groups (broad SMARTS) is 1. The van der Waals surface area contributed by atoms with Gasteiger partial charge >= 0.3 is 12.2 Å². The molecule has 0 unspecified atom stereocenters. The summed E-state index contributed by atoms with van der Waals surface area (Å²) >= 11 is 0. The summed E-state index contributed by atoms with van der Waals surface area (Å²) in [5.41, 5.74) is 0.221. The average molecular weight is 734 g/mol. The molecule has 0 radical (unpaired) electrons. The number of sulfonamides is 1. The summed E-state index contributed by atoms with van der Waals surface area (Å²) in [6.07, 6.45) is -1.18. The van der Waals surface area contributed by atoms with Gasteiger partial charge in [-0.1, -0.05) is 50.6 Å². The number of carbonyl (C=O) groups excluding carboxylic acids is 1. The van der Waals surface area contributed by atoms with Gasteiger partial charge in [-0.05, 0) is 62.6 Å².